The fourth-order valence-electron chi connectivity index (χ4n) is 1.72. The highest BCUT2D eigenvalue weighted by molar-refractivity contribution is 6.30. The number of nitrogens with one attached hydrogen (secondary N) is 1. The molecule has 0 aromatic heterocycles. The zero-order chi connectivity index (χ0) is 13.8. The summed E-state index contributed by atoms with van der Waals surface area (Å²) in [5, 5.41) is 11.9. The van der Waals surface area contributed by atoms with Crippen LogP contribution in [0.1, 0.15) is 18.6 Å². The number of aliphatic hydroxyl groups is 1. The summed E-state index contributed by atoms with van der Waals surface area (Å²) >= 11 is 5.62. The van der Waals surface area contributed by atoms with Crippen molar-refractivity contribution in [3.8, 4) is 11.5 Å². The van der Waals surface area contributed by atoms with Gasteiger partial charge in [-0.15, -0.1) is 11.6 Å². The lowest BCUT2D eigenvalue weighted by Crippen LogP contribution is -2.33. The Balaban J connectivity index is 1.99. The van der Waals surface area contributed by atoms with Crippen LogP contribution < -0.4 is 14.8 Å². The number of fused-ring (bicyclic) bond motifs is 1. The summed E-state index contributed by atoms with van der Waals surface area (Å²) in [5.74, 6) is 0.971. The average molecular weight is 286 g/mol. The van der Waals surface area contributed by atoms with E-state index in [1.807, 2.05) is 0 Å². The second-order valence-corrected chi connectivity index (χ2v) is 4.93. The number of amides is 1. The summed E-state index contributed by atoms with van der Waals surface area (Å²) in [5.41, 5.74) is 0.659. The van der Waals surface area contributed by atoms with Crippen molar-refractivity contribution in [3.63, 3.8) is 0 Å². The van der Waals surface area contributed by atoms with E-state index in [0.29, 0.717) is 30.3 Å². The molecule has 0 spiro atoms. The lowest BCUT2D eigenvalue weighted by molar-refractivity contribution is -0.120. The summed E-state index contributed by atoms with van der Waals surface area (Å²) < 4.78 is 10.8. The average Bonchev–Trinajstić information content (AvgIpc) is 2.43. The van der Waals surface area contributed by atoms with Gasteiger partial charge in [0.1, 0.15) is 18.6 Å². The predicted octanol–water partition coefficient (Wildman–Crippen LogP) is 1.23. The minimum Gasteiger partial charge on any atom is -0.486 e. The molecule has 2 atom stereocenters. The maximum Gasteiger partial charge on any atom is 0.237 e. The first kappa shape index (κ1) is 14.0. The summed E-state index contributed by atoms with van der Waals surface area (Å²) in [7, 11) is 0. The summed E-state index contributed by atoms with van der Waals surface area (Å²) in [6.07, 6.45) is -0.810. The number of rotatable bonds is 4. The third-order valence-electron chi connectivity index (χ3n) is 2.78. The van der Waals surface area contributed by atoms with Crippen molar-refractivity contribution in [2.45, 2.75) is 18.4 Å². The minimum absolute atomic E-state index is 0.107. The molecule has 1 heterocycles. The van der Waals surface area contributed by atoms with Crippen LogP contribution in [0.5, 0.6) is 11.5 Å². The van der Waals surface area contributed by atoms with Crippen molar-refractivity contribution >= 4 is 17.5 Å². The maximum absolute atomic E-state index is 11.3. The Labute approximate surface area is 116 Å². The van der Waals surface area contributed by atoms with Crippen molar-refractivity contribution in [3.05, 3.63) is 23.8 Å². The highest BCUT2D eigenvalue weighted by Gasteiger charge is 2.16. The number of hydrogen-bond acceptors (Lipinski definition) is 4. The quantitative estimate of drug-likeness (QED) is 0.817. The van der Waals surface area contributed by atoms with Crippen LogP contribution in [-0.2, 0) is 4.79 Å². The largest absolute Gasteiger partial charge is 0.486 e. The number of carbonyl (C=O) groups is 1. The van der Waals surface area contributed by atoms with Crippen LogP contribution in [0.25, 0.3) is 0 Å². The van der Waals surface area contributed by atoms with Crippen LogP contribution in [0.2, 0.25) is 0 Å². The zero-order valence-electron chi connectivity index (χ0n) is 10.6. The molecule has 2 N–H and O–H groups in total. The molecule has 0 saturated carbocycles. The van der Waals surface area contributed by atoms with Gasteiger partial charge in [-0.1, -0.05) is 6.07 Å². The van der Waals surface area contributed by atoms with Crippen molar-refractivity contribution in [2.75, 3.05) is 19.8 Å². The van der Waals surface area contributed by atoms with Crippen molar-refractivity contribution in [2.24, 2.45) is 0 Å². The smallest absolute Gasteiger partial charge is 0.237 e. The van der Waals surface area contributed by atoms with E-state index in [2.05, 4.69) is 5.32 Å². The highest BCUT2D eigenvalue weighted by atomic mass is 35.5. The van der Waals surface area contributed by atoms with E-state index in [4.69, 9.17) is 21.1 Å². The Bertz CT molecular complexity index is 464. The Morgan fingerprint density at radius 2 is 2.11 bits per heavy atom. The van der Waals surface area contributed by atoms with Crippen LogP contribution in [0, 0.1) is 0 Å². The molecule has 1 aliphatic rings. The number of aliphatic hydroxyl groups excluding tert-OH is 1. The van der Waals surface area contributed by atoms with Gasteiger partial charge in [0.15, 0.2) is 11.5 Å². The molecule has 1 aromatic rings. The van der Waals surface area contributed by atoms with Gasteiger partial charge in [0, 0.05) is 6.54 Å². The SMILES string of the molecule is CC(Cl)C(=O)NCC(O)c1ccc2c(c1)OCCO2. The molecule has 2 unspecified atom stereocenters. The minimum atomic E-state index is -0.810. The van der Waals surface area contributed by atoms with Crippen LogP contribution in [0.3, 0.4) is 0 Å². The molecule has 6 heteroatoms. The van der Waals surface area contributed by atoms with Crippen LogP contribution >= 0.6 is 11.6 Å². The number of hydrogen-bond donors (Lipinski definition) is 2. The first-order valence-electron chi connectivity index (χ1n) is 6.07. The van der Waals surface area contributed by atoms with Gasteiger partial charge in [0.05, 0.1) is 6.10 Å². The number of alkyl halides is 1. The molecule has 0 saturated heterocycles. The lowest BCUT2D eigenvalue weighted by atomic mass is 10.1. The number of ether oxygens (including phenoxy) is 2. The molecule has 1 aromatic carbocycles. The molecule has 0 fully saturated rings. The predicted molar refractivity (Wildman–Crippen MR) is 70.7 cm³/mol. The van der Waals surface area contributed by atoms with E-state index in [1.165, 1.54) is 0 Å². The molecule has 0 bridgehead atoms. The van der Waals surface area contributed by atoms with Crippen LogP contribution in [0.4, 0.5) is 0 Å². The standard InChI is InChI=1S/C13H16ClNO4/c1-8(14)13(17)15-7-10(16)9-2-3-11-12(6-9)19-5-4-18-11/h2-3,6,8,10,16H,4-5,7H2,1H3,(H,15,17). The first-order chi connectivity index (χ1) is 9.08. The van der Waals surface area contributed by atoms with Gasteiger partial charge in [0.25, 0.3) is 0 Å². The van der Waals surface area contributed by atoms with Gasteiger partial charge in [-0.05, 0) is 24.6 Å². The molecule has 5 nitrogen and oxygen atoms in total. The van der Waals surface area contributed by atoms with Gasteiger partial charge in [-0.2, -0.15) is 0 Å². The fraction of sp³-hybridized carbons (Fsp3) is 0.462. The fourth-order valence-corrected chi connectivity index (χ4v) is 1.80. The van der Waals surface area contributed by atoms with E-state index < -0.39 is 11.5 Å². The number of halogens is 1. The van der Waals surface area contributed by atoms with E-state index in [0.717, 1.165) is 0 Å². The van der Waals surface area contributed by atoms with E-state index in [1.54, 1.807) is 25.1 Å². The van der Waals surface area contributed by atoms with Gasteiger partial charge < -0.3 is 19.9 Å². The Morgan fingerprint density at radius 3 is 2.79 bits per heavy atom. The normalized spacial score (nSPS) is 16.6. The van der Waals surface area contributed by atoms with Crippen molar-refractivity contribution in [1.29, 1.82) is 0 Å². The van der Waals surface area contributed by atoms with Gasteiger partial charge in [0.2, 0.25) is 5.91 Å². The molecule has 0 aliphatic carbocycles. The third kappa shape index (κ3) is 3.52. The Kier molecular flexibility index (Phi) is 4.50. The molecular formula is C13H16ClNO4. The molecule has 104 valence electrons. The summed E-state index contributed by atoms with van der Waals surface area (Å²) in [4.78, 5) is 11.3. The van der Waals surface area contributed by atoms with Gasteiger partial charge in [-0.25, -0.2) is 0 Å². The Hall–Kier alpha value is -1.46. The van der Waals surface area contributed by atoms with Crippen molar-refractivity contribution in [1.82, 2.24) is 5.32 Å². The zero-order valence-corrected chi connectivity index (χ0v) is 11.3. The van der Waals surface area contributed by atoms with E-state index in [-0.39, 0.29) is 12.5 Å². The second kappa shape index (κ2) is 6.12. The van der Waals surface area contributed by atoms with Crippen molar-refractivity contribution < 1.29 is 19.4 Å². The highest BCUT2D eigenvalue weighted by Crippen LogP contribution is 2.32. The molecule has 0 radical (unpaired) electrons. The van der Waals surface area contributed by atoms with E-state index in [9.17, 15) is 9.90 Å². The lowest BCUT2D eigenvalue weighted by Gasteiger charge is -2.20. The Morgan fingerprint density at radius 1 is 1.42 bits per heavy atom. The molecule has 2 rings (SSSR count). The number of benzene rings is 1. The molecular weight excluding hydrogens is 270 g/mol. The third-order valence-corrected chi connectivity index (χ3v) is 2.98. The van der Waals surface area contributed by atoms with Crippen LogP contribution in [-0.4, -0.2) is 36.1 Å². The second-order valence-electron chi connectivity index (χ2n) is 4.28. The monoisotopic (exact) mass is 285 g/mol. The van der Waals surface area contributed by atoms with Gasteiger partial charge in [-0.3, -0.25) is 4.79 Å². The first-order valence-corrected chi connectivity index (χ1v) is 6.51. The van der Waals surface area contributed by atoms with E-state index >= 15 is 0 Å². The van der Waals surface area contributed by atoms with Gasteiger partial charge >= 0.3 is 0 Å². The number of carbonyl (C=O) groups excluding carboxylic acids is 1. The molecule has 19 heavy (non-hydrogen) atoms. The molecule has 1 aliphatic heterocycles. The summed E-state index contributed by atoms with van der Waals surface area (Å²) in [6, 6.07) is 5.21. The topological polar surface area (TPSA) is 67.8 Å². The van der Waals surface area contributed by atoms with Crippen LogP contribution in [0.15, 0.2) is 18.2 Å². The molecule has 1 amide bonds. The maximum atomic E-state index is 11.3. The summed E-state index contributed by atoms with van der Waals surface area (Å²) in [6.45, 7) is 2.70.